The van der Waals surface area contributed by atoms with E-state index in [-0.39, 0.29) is 11.7 Å². The Kier molecular flexibility index (Phi) is 4.59. The monoisotopic (exact) mass is 367 g/mol. The van der Waals surface area contributed by atoms with Gasteiger partial charge in [0.15, 0.2) is 0 Å². The number of piperidine rings is 2. The first kappa shape index (κ1) is 17.6. The molecule has 2 atom stereocenters. The highest BCUT2D eigenvalue weighted by molar-refractivity contribution is 5.90. The summed E-state index contributed by atoms with van der Waals surface area (Å²) in [7, 11) is 0. The van der Waals surface area contributed by atoms with Gasteiger partial charge in [-0.2, -0.15) is 13.2 Å². The van der Waals surface area contributed by atoms with Crippen molar-refractivity contribution in [1.29, 1.82) is 0 Å². The molecule has 142 valence electrons. The Hall–Kier alpha value is -1.76. The zero-order chi connectivity index (χ0) is 18.3. The summed E-state index contributed by atoms with van der Waals surface area (Å²) in [6.45, 7) is 0. The number of halogens is 3. The lowest BCUT2D eigenvalue weighted by Gasteiger charge is -2.49. The van der Waals surface area contributed by atoms with Crippen molar-refractivity contribution >= 4 is 11.7 Å². The van der Waals surface area contributed by atoms with E-state index in [9.17, 15) is 18.0 Å². The van der Waals surface area contributed by atoms with Crippen molar-refractivity contribution in [1.82, 2.24) is 10.2 Å². The first-order valence-corrected chi connectivity index (χ1v) is 9.43. The Morgan fingerprint density at radius 3 is 2.27 bits per heavy atom. The lowest BCUT2D eigenvalue weighted by molar-refractivity contribution is -0.136. The molecule has 3 aliphatic rings. The molecule has 1 aromatic carbocycles. The standard InChI is InChI=1S/C19H24F3N3O/c20-19(21,22)16-6-1-2-7-17(16)24-18(26)23-12-10-14-4-3-5-15(11-12)25(14)13-8-9-13/h1-2,6-7,12-15H,3-5,8-11H2,(H2,23,24,26)/t14-,15-/m0/s1. The number of carbonyl (C=O) groups excluding carboxylic acids is 1. The molecule has 2 saturated heterocycles. The average Bonchev–Trinajstić information content (AvgIpc) is 3.38. The van der Waals surface area contributed by atoms with E-state index >= 15 is 0 Å². The van der Waals surface area contributed by atoms with Crippen molar-refractivity contribution < 1.29 is 18.0 Å². The maximum absolute atomic E-state index is 13.1. The number of carbonyl (C=O) groups is 1. The van der Waals surface area contributed by atoms with Crippen LogP contribution >= 0.6 is 0 Å². The Bertz CT molecular complexity index is 660. The molecule has 1 aliphatic carbocycles. The predicted molar refractivity (Wildman–Crippen MR) is 92.9 cm³/mol. The van der Waals surface area contributed by atoms with Crippen LogP contribution in [0.1, 0.15) is 50.5 Å². The summed E-state index contributed by atoms with van der Waals surface area (Å²) in [5.41, 5.74) is -1.02. The van der Waals surface area contributed by atoms with Gasteiger partial charge >= 0.3 is 12.2 Å². The van der Waals surface area contributed by atoms with Crippen molar-refractivity contribution in [3.05, 3.63) is 29.8 Å². The van der Waals surface area contributed by atoms with E-state index in [1.54, 1.807) is 0 Å². The molecule has 0 aromatic heterocycles. The third-order valence-corrected chi connectivity index (χ3v) is 5.82. The number of urea groups is 1. The zero-order valence-corrected chi connectivity index (χ0v) is 14.6. The number of anilines is 1. The summed E-state index contributed by atoms with van der Waals surface area (Å²) in [5.74, 6) is 0. The fourth-order valence-corrected chi connectivity index (χ4v) is 4.69. The molecular formula is C19H24F3N3O. The van der Waals surface area contributed by atoms with Gasteiger partial charge in [-0.05, 0) is 50.7 Å². The number of hydrogen-bond acceptors (Lipinski definition) is 2. The molecule has 1 saturated carbocycles. The topological polar surface area (TPSA) is 44.4 Å². The molecule has 3 fully saturated rings. The molecule has 7 heteroatoms. The highest BCUT2D eigenvalue weighted by Crippen LogP contribution is 2.42. The molecule has 0 radical (unpaired) electrons. The third-order valence-electron chi connectivity index (χ3n) is 5.82. The van der Waals surface area contributed by atoms with Gasteiger partial charge in [-0.25, -0.2) is 4.79 Å². The van der Waals surface area contributed by atoms with Gasteiger partial charge in [0.25, 0.3) is 0 Å². The number of alkyl halides is 3. The Labute approximate surface area is 151 Å². The van der Waals surface area contributed by atoms with Crippen LogP contribution in [0.5, 0.6) is 0 Å². The molecule has 2 amide bonds. The van der Waals surface area contributed by atoms with E-state index < -0.39 is 17.8 Å². The lowest BCUT2D eigenvalue weighted by Crippen LogP contribution is -2.58. The van der Waals surface area contributed by atoms with Gasteiger partial charge in [-0.1, -0.05) is 18.6 Å². The van der Waals surface area contributed by atoms with Gasteiger partial charge in [-0.3, -0.25) is 4.90 Å². The Morgan fingerprint density at radius 1 is 1.00 bits per heavy atom. The molecule has 0 spiro atoms. The van der Waals surface area contributed by atoms with E-state index in [1.165, 1.54) is 37.5 Å². The molecule has 2 aliphatic heterocycles. The zero-order valence-electron chi connectivity index (χ0n) is 14.6. The number of nitrogens with one attached hydrogen (secondary N) is 2. The quantitative estimate of drug-likeness (QED) is 0.833. The molecule has 0 unspecified atom stereocenters. The van der Waals surface area contributed by atoms with Crippen molar-refractivity contribution in [3.63, 3.8) is 0 Å². The first-order valence-electron chi connectivity index (χ1n) is 9.43. The van der Waals surface area contributed by atoms with Crippen LogP contribution in [0.25, 0.3) is 0 Å². The van der Waals surface area contributed by atoms with Crippen molar-refractivity contribution in [2.75, 3.05) is 5.32 Å². The number of rotatable bonds is 3. The minimum absolute atomic E-state index is 0.0262. The Morgan fingerprint density at radius 2 is 1.65 bits per heavy atom. The average molecular weight is 367 g/mol. The van der Waals surface area contributed by atoms with E-state index in [2.05, 4.69) is 15.5 Å². The lowest BCUT2D eigenvalue weighted by atomic mass is 9.81. The summed E-state index contributed by atoms with van der Waals surface area (Å²) < 4.78 is 39.2. The van der Waals surface area contributed by atoms with Crippen LogP contribution in [-0.2, 0) is 6.18 Å². The predicted octanol–water partition coefficient (Wildman–Crippen LogP) is 4.37. The first-order chi connectivity index (χ1) is 12.4. The second-order valence-corrected chi connectivity index (χ2v) is 7.73. The van der Waals surface area contributed by atoms with Crippen LogP contribution in [0.3, 0.4) is 0 Å². The van der Waals surface area contributed by atoms with Gasteiger partial charge in [0, 0.05) is 24.2 Å². The summed E-state index contributed by atoms with van der Waals surface area (Å²) >= 11 is 0. The number of fused-ring (bicyclic) bond motifs is 2. The van der Waals surface area contributed by atoms with Gasteiger partial charge in [0.1, 0.15) is 0 Å². The van der Waals surface area contributed by atoms with Crippen molar-refractivity contribution in [2.45, 2.75) is 75.3 Å². The van der Waals surface area contributed by atoms with Gasteiger partial charge in [-0.15, -0.1) is 0 Å². The maximum Gasteiger partial charge on any atom is 0.418 e. The second-order valence-electron chi connectivity index (χ2n) is 7.73. The van der Waals surface area contributed by atoms with Crippen molar-refractivity contribution in [3.8, 4) is 0 Å². The van der Waals surface area contributed by atoms with Crippen molar-refractivity contribution in [2.24, 2.45) is 0 Å². The van der Waals surface area contributed by atoms with Crippen LogP contribution in [0.2, 0.25) is 0 Å². The summed E-state index contributed by atoms with van der Waals surface area (Å²) in [6, 6.07) is 6.28. The largest absolute Gasteiger partial charge is 0.418 e. The van der Waals surface area contributed by atoms with Crippen LogP contribution in [-0.4, -0.2) is 35.1 Å². The molecule has 4 nitrogen and oxygen atoms in total. The van der Waals surface area contributed by atoms with Crippen LogP contribution in [0, 0.1) is 0 Å². The number of benzene rings is 1. The SMILES string of the molecule is O=C(Nc1ccccc1C(F)(F)F)NC1C[C@@H]2CCC[C@@H](C1)N2C1CC1. The van der Waals surface area contributed by atoms with Gasteiger partial charge in [0.05, 0.1) is 11.3 Å². The normalized spacial score (nSPS) is 29.3. The van der Waals surface area contributed by atoms with Crippen LogP contribution in [0.15, 0.2) is 24.3 Å². The minimum atomic E-state index is -4.49. The molecule has 26 heavy (non-hydrogen) atoms. The van der Waals surface area contributed by atoms with Gasteiger partial charge < -0.3 is 10.6 Å². The molecule has 2 bridgehead atoms. The molecule has 2 heterocycles. The highest BCUT2D eigenvalue weighted by Gasteiger charge is 2.45. The number of nitrogens with zero attached hydrogens (tertiary/aromatic N) is 1. The fraction of sp³-hybridized carbons (Fsp3) is 0.632. The van der Waals surface area contributed by atoms with Gasteiger partial charge in [0.2, 0.25) is 0 Å². The fourth-order valence-electron chi connectivity index (χ4n) is 4.69. The van der Waals surface area contributed by atoms with Crippen LogP contribution in [0.4, 0.5) is 23.7 Å². The summed E-state index contributed by atoms with van der Waals surface area (Å²) in [4.78, 5) is 15.0. The maximum atomic E-state index is 13.1. The van der Waals surface area contributed by atoms with E-state index in [4.69, 9.17) is 0 Å². The summed E-state index contributed by atoms with van der Waals surface area (Å²) in [5, 5.41) is 5.30. The second kappa shape index (κ2) is 6.76. The highest BCUT2D eigenvalue weighted by atomic mass is 19.4. The number of amides is 2. The molecule has 2 N–H and O–H groups in total. The smallest absolute Gasteiger partial charge is 0.335 e. The van der Waals surface area contributed by atoms with E-state index in [1.807, 2.05) is 0 Å². The van der Waals surface area contributed by atoms with Crippen LogP contribution < -0.4 is 10.6 Å². The van der Waals surface area contributed by atoms with E-state index in [0.717, 1.165) is 37.8 Å². The third kappa shape index (κ3) is 3.68. The molecular weight excluding hydrogens is 343 g/mol. The summed E-state index contributed by atoms with van der Waals surface area (Å²) in [6.07, 6.45) is 3.39. The number of para-hydroxylation sites is 1. The number of hydrogen-bond donors (Lipinski definition) is 2. The van der Waals surface area contributed by atoms with E-state index in [0.29, 0.717) is 12.1 Å². The Balaban J connectivity index is 1.39. The minimum Gasteiger partial charge on any atom is -0.335 e. The molecule has 1 aromatic rings. The molecule has 4 rings (SSSR count).